The summed E-state index contributed by atoms with van der Waals surface area (Å²) in [5.41, 5.74) is 2.35. The second-order valence-electron chi connectivity index (χ2n) is 5.89. The van der Waals surface area contributed by atoms with Crippen molar-refractivity contribution in [1.29, 1.82) is 0 Å². The zero-order chi connectivity index (χ0) is 15.1. The Bertz CT molecular complexity index is 544. The molecule has 1 aromatic carbocycles. The van der Waals surface area contributed by atoms with Crippen molar-refractivity contribution in [2.75, 3.05) is 0 Å². The van der Waals surface area contributed by atoms with Crippen molar-refractivity contribution in [3.05, 3.63) is 30.1 Å². The molecule has 0 spiro atoms. The summed E-state index contributed by atoms with van der Waals surface area (Å²) in [7, 11) is 0. The third-order valence-corrected chi connectivity index (χ3v) is 4.15. The van der Waals surface area contributed by atoms with E-state index >= 15 is 0 Å². The summed E-state index contributed by atoms with van der Waals surface area (Å²) in [6.45, 7) is 8.56. The van der Waals surface area contributed by atoms with Crippen LogP contribution in [-0.4, -0.2) is 15.6 Å². The number of para-hydroxylation sites is 2. The van der Waals surface area contributed by atoms with Crippen LogP contribution in [0.4, 0.5) is 0 Å². The molecule has 0 aliphatic heterocycles. The van der Waals surface area contributed by atoms with Crippen LogP contribution >= 0.6 is 0 Å². The molecule has 0 saturated heterocycles. The van der Waals surface area contributed by atoms with E-state index in [0.29, 0.717) is 6.04 Å². The highest BCUT2D eigenvalue weighted by Gasteiger charge is 2.09. The lowest BCUT2D eigenvalue weighted by Gasteiger charge is -2.14. The van der Waals surface area contributed by atoms with E-state index in [-0.39, 0.29) is 0 Å². The summed E-state index contributed by atoms with van der Waals surface area (Å²) in [6.07, 6.45) is 6.61. The zero-order valence-corrected chi connectivity index (χ0v) is 13.7. The van der Waals surface area contributed by atoms with E-state index in [9.17, 15) is 0 Å². The quantitative estimate of drug-likeness (QED) is 0.688. The summed E-state index contributed by atoms with van der Waals surface area (Å²) in [6, 6.07) is 8.96. The molecule has 3 heteroatoms. The minimum absolute atomic E-state index is 0.562. The first-order chi connectivity index (χ1) is 10.3. The van der Waals surface area contributed by atoms with Gasteiger partial charge < -0.3 is 9.88 Å². The Morgan fingerprint density at radius 3 is 2.71 bits per heavy atom. The van der Waals surface area contributed by atoms with Crippen molar-refractivity contribution < 1.29 is 0 Å². The molecule has 116 valence electrons. The van der Waals surface area contributed by atoms with Crippen LogP contribution < -0.4 is 5.32 Å². The smallest absolute Gasteiger partial charge is 0.123 e. The van der Waals surface area contributed by atoms with Gasteiger partial charge in [-0.2, -0.15) is 0 Å². The van der Waals surface area contributed by atoms with Crippen LogP contribution in [0.1, 0.15) is 58.7 Å². The predicted molar refractivity (Wildman–Crippen MR) is 90.5 cm³/mol. The maximum atomic E-state index is 4.77. The van der Waals surface area contributed by atoms with Gasteiger partial charge in [-0.15, -0.1) is 0 Å². The maximum absolute atomic E-state index is 4.77. The second kappa shape index (κ2) is 8.18. The van der Waals surface area contributed by atoms with E-state index in [1.54, 1.807) is 0 Å². The molecule has 0 amide bonds. The molecule has 1 unspecified atom stereocenters. The molecular weight excluding hydrogens is 258 g/mol. The van der Waals surface area contributed by atoms with E-state index in [0.717, 1.165) is 24.4 Å². The molecule has 3 nitrogen and oxygen atoms in total. The molecule has 1 heterocycles. The molecule has 1 aromatic heterocycles. The lowest BCUT2D eigenvalue weighted by Crippen LogP contribution is -2.26. The normalized spacial score (nSPS) is 12.9. The Morgan fingerprint density at radius 2 is 1.95 bits per heavy atom. The van der Waals surface area contributed by atoms with Gasteiger partial charge in [0.2, 0.25) is 0 Å². The van der Waals surface area contributed by atoms with Crippen molar-refractivity contribution in [2.24, 2.45) is 0 Å². The number of nitrogens with one attached hydrogen (secondary N) is 1. The number of unbranched alkanes of at least 4 members (excludes halogenated alkanes) is 3. The molecule has 0 saturated carbocycles. The second-order valence-corrected chi connectivity index (χ2v) is 5.89. The molecule has 0 bridgehead atoms. The Morgan fingerprint density at radius 1 is 1.14 bits per heavy atom. The fourth-order valence-corrected chi connectivity index (χ4v) is 2.86. The third-order valence-electron chi connectivity index (χ3n) is 4.15. The predicted octanol–water partition coefficient (Wildman–Crippen LogP) is 4.50. The third kappa shape index (κ3) is 4.31. The summed E-state index contributed by atoms with van der Waals surface area (Å²) in [5.74, 6) is 1.15. The van der Waals surface area contributed by atoms with Crippen molar-refractivity contribution >= 4 is 11.0 Å². The molecule has 0 aliphatic rings. The topological polar surface area (TPSA) is 29.9 Å². The number of benzene rings is 1. The highest BCUT2D eigenvalue weighted by molar-refractivity contribution is 5.75. The number of imidazole rings is 1. The van der Waals surface area contributed by atoms with Gasteiger partial charge >= 0.3 is 0 Å². The first-order valence-electron chi connectivity index (χ1n) is 8.43. The molecule has 2 rings (SSSR count). The number of aromatic nitrogens is 2. The maximum Gasteiger partial charge on any atom is 0.123 e. The molecular formula is C18H29N3. The molecule has 1 N–H and O–H groups in total. The van der Waals surface area contributed by atoms with Crippen LogP contribution in [0.25, 0.3) is 11.0 Å². The van der Waals surface area contributed by atoms with Crippen LogP contribution in [0, 0.1) is 0 Å². The molecule has 0 aliphatic carbocycles. The van der Waals surface area contributed by atoms with Crippen LogP contribution in [0.15, 0.2) is 24.3 Å². The van der Waals surface area contributed by atoms with Gasteiger partial charge in [0.25, 0.3) is 0 Å². The minimum atomic E-state index is 0.562. The molecule has 21 heavy (non-hydrogen) atoms. The summed E-state index contributed by atoms with van der Waals surface area (Å²) >= 11 is 0. The van der Waals surface area contributed by atoms with Gasteiger partial charge in [-0.25, -0.2) is 4.98 Å². The van der Waals surface area contributed by atoms with Gasteiger partial charge in [0.1, 0.15) is 5.82 Å². The monoisotopic (exact) mass is 287 g/mol. The Labute approximate surface area is 128 Å². The van der Waals surface area contributed by atoms with Crippen molar-refractivity contribution in [3.63, 3.8) is 0 Å². The van der Waals surface area contributed by atoms with E-state index in [1.807, 2.05) is 0 Å². The SMILES string of the molecule is CCCCCCC(C)NCc1nc2ccccc2n1CC. The molecule has 1 atom stereocenters. The number of hydrogen-bond donors (Lipinski definition) is 1. The fourth-order valence-electron chi connectivity index (χ4n) is 2.86. The zero-order valence-electron chi connectivity index (χ0n) is 13.7. The van der Waals surface area contributed by atoms with Gasteiger partial charge in [0.05, 0.1) is 17.6 Å². The summed E-state index contributed by atoms with van der Waals surface area (Å²) in [5, 5.41) is 3.63. The number of nitrogens with zero attached hydrogens (tertiary/aromatic N) is 2. The Hall–Kier alpha value is -1.35. The molecule has 0 fully saturated rings. The highest BCUT2D eigenvalue weighted by Crippen LogP contribution is 2.16. The van der Waals surface area contributed by atoms with E-state index < -0.39 is 0 Å². The lowest BCUT2D eigenvalue weighted by molar-refractivity contribution is 0.470. The Balaban J connectivity index is 1.90. The summed E-state index contributed by atoms with van der Waals surface area (Å²) < 4.78 is 2.31. The van der Waals surface area contributed by atoms with Gasteiger partial charge in [-0.05, 0) is 32.4 Å². The standard InChI is InChI=1S/C18H29N3/c1-4-6-7-8-11-15(3)19-14-18-20-16-12-9-10-13-17(16)21(18)5-2/h9-10,12-13,15,19H,4-8,11,14H2,1-3H3. The van der Waals surface area contributed by atoms with E-state index in [1.165, 1.54) is 37.6 Å². The minimum Gasteiger partial charge on any atom is -0.327 e. The van der Waals surface area contributed by atoms with E-state index in [4.69, 9.17) is 4.98 Å². The van der Waals surface area contributed by atoms with E-state index in [2.05, 4.69) is 54.9 Å². The van der Waals surface area contributed by atoms with Crippen LogP contribution in [0.2, 0.25) is 0 Å². The number of fused-ring (bicyclic) bond motifs is 1. The lowest BCUT2D eigenvalue weighted by atomic mass is 10.1. The largest absolute Gasteiger partial charge is 0.327 e. The number of hydrogen-bond acceptors (Lipinski definition) is 2. The highest BCUT2D eigenvalue weighted by atomic mass is 15.1. The van der Waals surface area contributed by atoms with Gasteiger partial charge in [-0.1, -0.05) is 44.7 Å². The van der Waals surface area contributed by atoms with Crippen molar-refractivity contribution in [2.45, 2.75) is 72.0 Å². The van der Waals surface area contributed by atoms with Gasteiger partial charge in [-0.3, -0.25) is 0 Å². The van der Waals surface area contributed by atoms with Crippen molar-refractivity contribution in [3.8, 4) is 0 Å². The van der Waals surface area contributed by atoms with Gasteiger partial charge in [0.15, 0.2) is 0 Å². The van der Waals surface area contributed by atoms with Crippen LogP contribution in [0.3, 0.4) is 0 Å². The number of rotatable bonds is 9. The average molecular weight is 287 g/mol. The van der Waals surface area contributed by atoms with Crippen LogP contribution in [0.5, 0.6) is 0 Å². The summed E-state index contributed by atoms with van der Waals surface area (Å²) in [4.78, 5) is 4.77. The Kier molecular flexibility index (Phi) is 6.24. The van der Waals surface area contributed by atoms with Crippen molar-refractivity contribution in [1.82, 2.24) is 14.9 Å². The van der Waals surface area contributed by atoms with Crippen LogP contribution in [-0.2, 0) is 13.1 Å². The molecule has 0 radical (unpaired) electrons. The van der Waals surface area contributed by atoms with Gasteiger partial charge in [0, 0.05) is 12.6 Å². The fraction of sp³-hybridized carbons (Fsp3) is 0.611. The first-order valence-corrected chi connectivity index (χ1v) is 8.43. The molecule has 2 aromatic rings. The number of aryl methyl sites for hydroxylation is 1. The first kappa shape index (κ1) is 16.0. The average Bonchev–Trinajstić information content (AvgIpc) is 2.87.